The number of nitrogen functional groups attached to an aromatic ring is 1. The fraction of sp³-hybridized carbons (Fsp3) is 0.304. The molecule has 1 aliphatic rings. The Hall–Kier alpha value is -2.99. The molecule has 7 heteroatoms. The number of nitrogens with two attached hydrogens (primary N) is 1. The van der Waals surface area contributed by atoms with Crippen LogP contribution < -0.4 is 5.73 Å². The lowest BCUT2D eigenvalue weighted by atomic mass is 10.2. The third-order valence-electron chi connectivity index (χ3n) is 3.96. The van der Waals surface area contributed by atoms with Gasteiger partial charge in [-0.3, -0.25) is 0 Å². The molecule has 0 saturated heterocycles. The van der Waals surface area contributed by atoms with Gasteiger partial charge in [-0.05, 0) is 66.7 Å². The van der Waals surface area contributed by atoms with Gasteiger partial charge in [0.1, 0.15) is 11.5 Å². The van der Waals surface area contributed by atoms with Gasteiger partial charge in [-0.1, -0.05) is 34.9 Å². The van der Waals surface area contributed by atoms with E-state index in [1.54, 1.807) is 19.1 Å². The van der Waals surface area contributed by atoms with Gasteiger partial charge in [-0.25, -0.2) is 9.98 Å². The Morgan fingerprint density at radius 1 is 0.933 bits per heavy atom. The third-order valence-corrected chi connectivity index (χ3v) is 4.18. The van der Waals surface area contributed by atoms with Gasteiger partial charge in [0.15, 0.2) is 11.7 Å². The first kappa shape index (κ1) is 23.3. The van der Waals surface area contributed by atoms with E-state index in [2.05, 4.69) is 76.5 Å². The van der Waals surface area contributed by atoms with Crippen LogP contribution in [0.5, 0.6) is 0 Å². The maximum absolute atomic E-state index is 6.22. The summed E-state index contributed by atoms with van der Waals surface area (Å²) in [6.45, 7) is 14.2. The van der Waals surface area contributed by atoms with E-state index >= 15 is 0 Å². The molecule has 158 valence electrons. The zero-order valence-electron chi connectivity index (χ0n) is 18.7. The van der Waals surface area contributed by atoms with E-state index in [9.17, 15) is 0 Å². The summed E-state index contributed by atoms with van der Waals surface area (Å²) in [6, 6.07) is 4.11. The Kier molecular flexibility index (Phi) is 7.89. The van der Waals surface area contributed by atoms with E-state index in [1.165, 1.54) is 11.1 Å². The highest BCUT2D eigenvalue weighted by Gasteiger charge is 2.24. The molecule has 0 unspecified atom stereocenters. The van der Waals surface area contributed by atoms with E-state index in [0.29, 0.717) is 16.7 Å². The zero-order chi connectivity index (χ0) is 22.4. The van der Waals surface area contributed by atoms with Gasteiger partial charge in [0.25, 0.3) is 0 Å². The van der Waals surface area contributed by atoms with Crippen molar-refractivity contribution in [3.63, 3.8) is 0 Å². The van der Waals surface area contributed by atoms with Crippen LogP contribution in [0.15, 0.2) is 57.2 Å². The Labute approximate surface area is 183 Å². The van der Waals surface area contributed by atoms with Gasteiger partial charge in [0.2, 0.25) is 5.95 Å². The molecular formula is C23H29ClN6. The fourth-order valence-corrected chi connectivity index (χ4v) is 2.77. The minimum Gasteiger partial charge on any atom is -0.368 e. The molecule has 2 aromatic rings. The number of rotatable bonds is 3. The first-order valence-electron chi connectivity index (χ1n) is 9.66. The van der Waals surface area contributed by atoms with Gasteiger partial charge < -0.3 is 10.3 Å². The highest BCUT2D eigenvalue weighted by molar-refractivity contribution is 6.34. The maximum atomic E-state index is 6.22. The quantitative estimate of drug-likeness (QED) is 0.657. The molecule has 0 fully saturated rings. The van der Waals surface area contributed by atoms with Crippen LogP contribution in [-0.2, 0) is 0 Å². The molecule has 2 aromatic heterocycles. The topological polar surface area (TPSA) is 82.0 Å². The summed E-state index contributed by atoms with van der Waals surface area (Å²) in [4.78, 5) is 16.5. The number of anilines is 1. The molecule has 0 aromatic carbocycles. The standard InChI is InChI=1S/C15H15ClN6.C8H14/c1-8-4-5-9(2)22(8)14-12(20-14)6-11(16)7-13-18-10(3)19-15(17)21-13;1-7(2)5-6-8(3)4/h4-7H,1-3H3,(H2,17,18,19,21);5-6H,1-4H3/b11-7+,12-6+;. The van der Waals surface area contributed by atoms with Gasteiger partial charge in [0, 0.05) is 22.5 Å². The molecule has 3 rings (SSSR count). The molecule has 0 spiro atoms. The average Bonchev–Trinajstić information content (AvgIpc) is 3.27. The number of aromatic nitrogens is 4. The average molecular weight is 425 g/mol. The number of nitrogens with zero attached hydrogens (tertiary/aromatic N) is 5. The van der Waals surface area contributed by atoms with Crippen molar-refractivity contribution in [1.82, 2.24) is 19.5 Å². The smallest absolute Gasteiger partial charge is 0.223 e. The normalized spacial score (nSPS) is 13.9. The Morgan fingerprint density at radius 3 is 2.00 bits per heavy atom. The molecule has 0 bridgehead atoms. The molecule has 0 atom stereocenters. The van der Waals surface area contributed by atoms with E-state index in [0.717, 1.165) is 22.9 Å². The van der Waals surface area contributed by atoms with Crippen molar-refractivity contribution < 1.29 is 0 Å². The summed E-state index contributed by atoms with van der Waals surface area (Å²) in [6.07, 6.45) is 7.66. The Balaban J connectivity index is 0.000000343. The Morgan fingerprint density at radius 2 is 1.50 bits per heavy atom. The number of allylic oxidation sites excluding steroid dienone is 7. The lowest BCUT2D eigenvalue weighted by molar-refractivity contribution is 0.972. The first-order valence-corrected chi connectivity index (χ1v) is 10.0. The fourth-order valence-electron chi connectivity index (χ4n) is 2.57. The van der Waals surface area contributed by atoms with Crippen LogP contribution in [0.4, 0.5) is 5.95 Å². The number of aliphatic imine (C=N–C) groups is 1. The van der Waals surface area contributed by atoms with Crippen LogP contribution >= 0.6 is 11.6 Å². The summed E-state index contributed by atoms with van der Waals surface area (Å²) in [7, 11) is 0. The van der Waals surface area contributed by atoms with Crippen LogP contribution in [0.3, 0.4) is 0 Å². The molecule has 0 radical (unpaired) electrons. The summed E-state index contributed by atoms with van der Waals surface area (Å²) >= 11 is 6.22. The minimum absolute atomic E-state index is 0.179. The first-order chi connectivity index (χ1) is 14.1. The van der Waals surface area contributed by atoms with Crippen molar-refractivity contribution in [3.05, 3.63) is 75.3 Å². The van der Waals surface area contributed by atoms with Gasteiger partial charge in [-0.2, -0.15) is 9.97 Å². The minimum atomic E-state index is 0.179. The van der Waals surface area contributed by atoms with Crippen LogP contribution in [-0.4, -0.2) is 25.4 Å². The number of hydrogen-bond acceptors (Lipinski definition) is 5. The van der Waals surface area contributed by atoms with Crippen molar-refractivity contribution >= 4 is 29.5 Å². The van der Waals surface area contributed by atoms with Crippen LogP contribution in [0.25, 0.3) is 6.08 Å². The van der Waals surface area contributed by atoms with Crippen LogP contribution in [0.2, 0.25) is 0 Å². The zero-order valence-corrected chi connectivity index (χ0v) is 19.4. The summed E-state index contributed by atoms with van der Waals surface area (Å²) in [5.74, 6) is 2.08. The van der Waals surface area contributed by atoms with E-state index < -0.39 is 0 Å². The molecule has 3 heterocycles. The van der Waals surface area contributed by atoms with Crippen molar-refractivity contribution in [3.8, 4) is 0 Å². The molecule has 30 heavy (non-hydrogen) atoms. The number of hydrogen-bond donors (Lipinski definition) is 1. The second-order valence-corrected chi connectivity index (χ2v) is 7.97. The van der Waals surface area contributed by atoms with Crippen LogP contribution in [0, 0.1) is 20.8 Å². The molecule has 0 aliphatic carbocycles. The highest BCUT2D eigenvalue weighted by Crippen LogP contribution is 2.25. The number of aryl methyl sites for hydroxylation is 3. The van der Waals surface area contributed by atoms with Crippen LogP contribution in [0.1, 0.15) is 50.7 Å². The predicted molar refractivity (Wildman–Crippen MR) is 126 cm³/mol. The van der Waals surface area contributed by atoms with E-state index in [1.807, 2.05) is 13.8 Å². The van der Waals surface area contributed by atoms with Gasteiger partial charge in [-0.15, -0.1) is 0 Å². The summed E-state index contributed by atoms with van der Waals surface area (Å²) < 4.78 is 2.08. The second-order valence-electron chi connectivity index (χ2n) is 7.53. The number of halogens is 1. The van der Waals surface area contributed by atoms with Gasteiger partial charge in [0.05, 0.1) is 0 Å². The third kappa shape index (κ3) is 7.12. The molecule has 1 aliphatic heterocycles. The SMILES string of the molecule is CC(C)=CC=C(C)C.Cc1nc(N)nc(/C=C(Cl)\C=C2N=C\2n2c(C)ccc2C)n1. The molecule has 0 saturated carbocycles. The molecule has 2 N–H and O–H groups in total. The summed E-state index contributed by atoms with van der Waals surface area (Å²) in [5.41, 5.74) is 11.4. The van der Waals surface area contributed by atoms with E-state index in [4.69, 9.17) is 17.3 Å². The van der Waals surface area contributed by atoms with E-state index in [-0.39, 0.29) is 5.95 Å². The Bertz CT molecular complexity index is 1020. The van der Waals surface area contributed by atoms with Gasteiger partial charge >= 0.3 is 0 Å². The largest absolute Gasteiger partial charge is 0.368 e. The van der Waals surface area contributed by atoms with Crippen molar-refractivity contribution in [2.75, 3.05) is 5.73 Å². The van der Waals surface area contributed by atoms with Crippen molar-refractivity contribution in [1.29, 1.82) is 0 Å². The molecule has 6 nitrogen and oxygen atoms in total. The molecule has 0 amide bonds. The second kappa shape index (κ2) is 10.2. The highest BCUT2D eigenvalue weighted by atomic mass is 35.5. The van der Waals surface area contributed by atoms with Crippen molar-refractivity contribution in [2.24, 2.45) is 4.99 Å². The lowest BCUT2D eigenvalue weighted by Gasteiger charge is -2.00. The van der Waals surface area contributed by atoms with Crippen molar-refractivity contribution in [2.45, 2.75) is 48.5 Å². The predicted octanol–water partition coefficient (Wildman–Crippen LogP) is 5.52. The monoisotopic (exact) mass is 424 g/mol. The lowest BCUT2D eigenvalue weighted by Crippen LogP contribution is -2.04. The maximum Gasteiger partial charge on any atom is 0.223 e. The summed E-state index contributed by atoms with van der Waals surface area (Å²) in [5, 5.41) is 0.487. The molecular weight excluding hydrogens is 396 g/mol.